The Morgan fingerprint density at radius 2 is 1.33 bits per heavy atom. The van der Waals surface area contributed by atoms with Gasteiger partial charge in [-0.25, -0.2) is 0 Å². The lowest BCUT2D eigenvalue weighted by Gasteiger charge is -1.96. The first-order valence-electron chi connectivity index (χ1n) is 6.52. The van der Waals surface area contributed by atoms with E-state index in [-0.39, 0.29) is 12.5 Å². The van der Waals surface area contributed by atoms with Crippen LogP contribution in [0.25, 0.3) is 10.4 Å². The fraction of sp³-hybridized carbons (Fsp3) is 0.111. The topological polar surface area (TPSA) is 48.8 Å². The lowest BCUT2D eigenvalue weighted by Crippen LogP contribution is -1.97. The standard InChI is InChI=1S/C18H13N3/c19-21-20-15-18(13-11-16-7-3-1-4-8-16)14-12-17-9-5-2-6-10-17/h1-10,18H,15H2. The van der Waals surface area contributed by atoms with Crippen LogP contribution in [0.15, 0.2) is 65.8 Å². The van der Waals surface area contributed by atoms with Crippen LogP contribution in [0, 0.1) is 29.6 Å². The van der Waals surface area contributed by atoms with Crippen molar-refractivity contribution >= 4 is 0 Å². The van der Waals surface area contributed by atoms with Gasteiger partial charge >= 0.3 is 0 Å². The summed E-state index contributed by atoms with van der Waals surface area (Å²) < 4.78 is 0. The summed E-state index contributed by atoms with van der Waals surface area (Å²) in [4.78, 5) is 2.77. The average molecular weight is 271 g/mol. The van der Waals surface area contributed by atoms with Crippen molar-refractivity contribution in [3.05, 3.63) is 82.2 Å². The molecule has 0 heterocycles. The summed E-state index contributed by atoms with van der Waals surface area (Å²) in [7, 11) is 0. The molecule has 0 bridgehead atoms. The molecule has 0 radical (unpaired) electrons. The fourth-order valence-corrected chi connectivity index (χ4v) is 1.63. The average Bonchev–Trinajstić information content (AvgIpc) is 2.56. The van der Waals surface area contributed by atoms with Crippen LogP contribution >= 0.6 is 0 Å². The van der Waals surface area contributed by atoms with E-state index in [4.69, 9.17) is 5.53 Å². The Kier molecular flexibility index (Phi) is 5.52. The second-order valence-corrected chi connectivity index (χ2v) is 4.24. The molecule has 21 heavy (non-hydrogen) atoms. The monoisotopic (exact) mass is 271 g/mol. The predicted molar refractivity (Wildman–Crippen MR) is 84.1 cm³/mol. The maximum atomic E-state index is 8.45. The zero-order valence-corrected chi connectivity index (χ0v) is 11.4. The predicted octanol–water partition coefficient (Wildman–Crippen LogP) is 4.02. The number of hydrogen-bond donors (Lipinski definition) is 0. The van der Waals surface area contributed by atoms with Crippen LogP contribution in [0.2, 0.25) is 0 Å². The molecular formula is C18H13N3. The number of rotatable bonds is 2. The van der Waals surface area contributed by atoms with E-state index >= 15 is 0 Å². The molecule has 0 amide bonds. The van der Waals surface area contributed by atoms with Crippen LogP contribution < -0.4 is 0 Å². The number of benzene rings is 2. The summed E-state index contributed by atoms with van der Waals surface area (Å²) in [6.07, 6.45) is 0. The number of azide groups is 1. The first kappa shape index (κ1) is 14.3. The molecule has 0 unspecified atom stereocenters. The highest BCUT2D eigenvalue weighted by Crippen LogP contribution is 2.01. The van der Waals surface area contributed by atoms with Crippen molar-refractivity contribution in [1.29, 1.82) is 0 Å². The highest BCUT2D eigenvalue weighted by Gasteiger charge is 1.98. The SMILES string of the molecule is [N-]=[N+]=NCC(C#Cc1ccccc1)C#Cc1ccccc1. The molecule has 3 heteroatoms. The fourth-order valence-electron chi connectivity index (χ4n) is 1.63. The van der Waals surface area contributed by atoms with Crippen LogP contribution in [0.4, 0.5) is 0 Å². The third-order valence-electron chi connectivity index (χ3n) is 2.66. The van der Waals surface area contributed by atoms with Gasteiger partial charge in [-0.2, -0.15) is 0 Å². The molecule has 0 saturated heterocycles. The molecule has 2 aromatic rings. The second kappa shape index (κ2) is 8.12. The Balaban J connectivity index is 2.18. The Bertz CT molecular complexity index is 680. The van der Waals surface area contributed by atoms with Crippen molar-refractivity contribution in [3.8, 4) is 23.7 Å². The minimum atomic E-state index is -0.277. The van der Waals surface area contributed by atoms with Crippen LogP contribution in [-0.2, 0) is 0 Å². The Morgan fingerprint density at radius 3 is 1.76 bits per heavy atom. The maximum absolute atomic E-state index is 8.45. The summed E-state index contributed by atoms with van der Waals surface area (Å²) >= 11 is 0. The zero-order valence-electron chi connectivity index (χ0n) is 11.4. The van der Waals surface area contributed by atoms with E-state index in [2.05, 4.69) is 33.7 Å². The molecule has 2 aromatic carbocycles. The van der Waals surface area contributed by atoms with E-state index in [0.717, 1.165) is 11.1 Å². The molecule has 0 spiro atoms. The van der Waals surface area contributed by atoms with Gasteiger partial charge in [0.2, 0.25) is 0 Å². The lowest BCUT2D eigenvalue weighted by atomic mass is 10.1. The van der Waals surface area contributed by atoms with Gasteiger partial charge in [-0.15, -0.1) is 0 Å². The molecule has 0 aliphatic carbocycles. The largest absolute Gasteiger partial charge is 0.0917 e. The molecule has 2 rings (SSSR count). The van der Waals surface area contributed by atoms with Crippen LogP contribution in [0.1, 0.15) is 11.1 Å². The van der Waals surface area contributed by atoms with Crippen LogP contribution in [-0.4, -0.2) is 6.54 Å². The third kappa shape index (κ3) is 5.17. The van der Waals surface area contributed by atoms with Gasteiger partial charge < -0.3 is 0 Å². The molecule has 3 nitrogen and oxygen atoms in total. The quantitative estimate of drug-likeness (QED) is 0.343. The Morgan fingerprint density at radius 1 is 0.857 bits per heavy atom. The molecular weight excluding hydrogens is 258 g/mol. The van der Waals surface area contributed by atoms with Crippen molar-refractivity contribution in [1.82, 2.24) is 0 Å². The van der Waals surface area contributed by atoms with Gasteiger partial charge in [0.15, 0.2) is 0 Å². The smallest absolute Gasteiger partial charge is 0.0875 e. The summed E-state index contributed by atoms with van der Waals surface area (Å²) in [5, 5.41) is 3.57. The molecule has 0 aliphatic rings. The van der Waals surface area contributed by atoms with E-state index < -0.39 is 0 Å². The van der Waals surface area contributed by atoms with E-state index in [0.29, 0.717) is 0 Å². The number of hydrogen-bond acceptors (Lipinski definition) is 1. The molecule has 0 atom stereocenters. The highest BCUT2D eigenvalue weighted by atomic mass is 15.1. The summed E-state index contributed by atoms with van der Waals surface area (Å²) in [6, 6.07) is 19.3. The Hall–Kier alpha value is -3.13. The second-order valence-electron chi connectivity index (χ2n) is 4.24. The first-order chi connectivity index (χ1) is 10.4. The van der Waals surface area contributed by atoms with Crippen molar-refractivity contribution < 1.29 is 0 Å². The zero-order chi connectivity index (χ0) is 14.8. The molecule has 0 aromatic heterocycles. The van der Waals surface area contributed by atoms with Gasteiger partial charge in [0.25, 0.3) is 0 Å². The summed E-state index contributed by atoms with van der Waals surface area (Å²) in [5.74, 6) is 11.9. The van der Waals surface area contributed by atoms with Gasteiger partial charge in [0.1, 0.15) is 0 Å². The highest BCUT2D eigenvalue weighted by molar-refractivity contribution is 5.39. The summed E-state index contributed by atoms with van der Waals surface area (Å²) in [5.41, 5.74) is 10.3. The minimum absolute atomic E-state index is 0.246. The van der Waals surface area contributed by atoms with Crippen molar-refractivity contribution in [2.45, 2.75) is 0 Å². The minimum Gasteiger partial charge on any atom is -0.0917 e. The van der Waals surface area contributed by atoms with Gasteiger partial charge in [-0.05, 0) is 29.8 Å². The van der Waals surface area contributed by atoms with Crippen LogP contribution in [0.5, 0.6) is 0 Å². The molecule has 0 fully saturated rings. The molecule has 100 valence electrons. The third-order valence-corrected chi connectivity index (χ3v) is 2.66. The molecule has 0 saturated carbocycles. The van der Waals surface area contributed by atoms with Gasteiger partial charge in [0.05, 0.1) is 12.5 Å². The van der Waals surface area contributed by atoms with E-state index in [1.807, 2.05) is 60.7 Å². The number of nitrogens with zero attached hydrogens (tertiary/aromatic N) is 3. The van der Waals surface area contributed by atoms with E-state index in [1.165, 1.54) is 0 Å². The molecule has 0 N–H and O–H groups in total. The van der Waals surface area contributed by atoms with E-state index in [9.17, 15) is 0 Å². The maximum Gasteiger partial charge on any atom is 0.0875 e. The van der Waals surface area contributed by atoms with Crippen molar-refractivity contribution in [3.63, 3.8) is 0 Å². The van der Waals surface area contributed by atoms with Crippen LogP contribution in [0.3, 0.4) is 0 Å². The van der Waals surface area contributed by atoms with Crippen molar-refractivity contribution in [2.24, 2.45) is 11.0 Å². The van der Waals surface area contributed by atoms with Gasteiger partial charge in [-0.1, -0.05) is 65.2 Å². The first-order valence-corrected chi connectivity index (χ1v) is 6.52. The van der Waals surface area contributed by atoms with E-state index in [1.54, 1.807) is 0 Å². The van der Waals surface area contributed by atoms with Crippen molar-refractivity contribution in [2.75, 3.05) is 6.54 Å². The Labute approximate surface area is 124 Å². The summed E-state index contributed by atoms with van der Waals surface area (Å²) in [6.45, 7) is 0.246. The molecule has 0 aliphatic heterocycles. The van der Waals surface area contributed by atoms with Gasteiger partial charge in [0, 0.05) is 16.0 Å². The normalized spacial score (nSPS) is 8.81. The van der Waals surface area contributed by atoms with Gasteiger partial charge in [-0.3, -0.25) is 0 Å². The lowest BCUT2D eigenvalue weighted by molar-refractivity contribution is 0.867.